The highest BCUT2D eigenvalue weighted by Crippen LogP contribution is 2.43. The molecule has 0 radical (unpaired) electrons. The van der Waals surface area contributed by atoms with E-state index < -0.39 is 5.91 Å². The molecule has 10 heteroatoms. The summed E-state index contributed by atoms with van der Waals surface area (Å²) in [6, 6.07) is 19.4. The second kappa shape index (κ2) is 9.13. The summed E-state index contributed by atoms with van der Waals surface area (Å²) < 4.78 is 6.77. The molecule has 36 heavy (non-hydrogen) atoms. The number of hydrogen-bond acceptors (Lipinski definition) is 8. The van der Waals surface area contributed by atoms with Crippen molar-refractivity contribution in [2.75, 3.05) is 16.8 Å². The predicted octanol–water partition coefficient (Wildman–Crippen LogP) is 4.64. The van der Waals surface area contributed by atoms with Crippen LogP contribution in [0.4, 0.5) is 17.4 Å². The smallest absolute Gasteiger partial charge is 0.303 e. The molecule has 0 bridgehead atoms. The van der Waals surface area contributed by atoms with Crippen LogP contribution in [-0.2, 0) is 0 Å². The Kier molecular flexibility index (Phi) is 5.83. The minimum atomic E-state index is -0.481. The average molecular weight is 497 g/mol. The summed E-state index contributed by atoms with van der Waals surface area (Å²) in [5.74, 6) is 0.107. The minimum absolute atomic E-state index is 0.0836. The lowest BCUT2D eigenvalue weighted by Crippen LogP contribution is -2.31. The van der Waals surface area contributed by atoms with E-state index in [1.165, 1.54) is 4.68 Å². The molecule has 2 aromatic carbocycles. The molecule has 0 aliphatic heterocycles. The van der Waals surface area contributed by atoms with Gasteiger partial charge in [-0.1, -0.05) is 56.3 Å². The zero-order valence-corrected chi connectivity index (χ0v) is 20.3. The van der Waals surface area contributed by atoms with Crippen LogP contribution in [0.15, 0.2) is 65.3 Å². The number of amides is 1. The molecule has 5 aromatic rings. The molecule has 1 amide bonds. The largest absolute Gasteiger partial charge is 0.397 e. The molecule has 5 rings (SSSR count). The molecule has 3 aromatic heterocycles. The first-order valence-electron chi connectivity index (χ1n) is 11.1. The lowest BCUT2D eigenvalue weighted by atomic mass is 9.94. The number of hydrogen-bond donors (Lipinski definition) is 3. The van der Waals surface area contributed by atoms with Crippen molar-refractivity contribution in [1.29, 1.82) is 5.26 Å². The van der Waals surface area contributed by atoms with E-state index >= 15 is 0 Å². The Labute approximate surface area is 210 Å². The fraction of sp³-hybridized carbons (Fsp3) is 0.115. The number of aromatic nitrogens is 3. The van der Waals surface area contributed by atoms with Gasteiger partial charge in [0.1, 0.15) is 27.2 Å². The van der Waals surface area contributed by atoms with Crippen molar-refractivity contribution in [2.24, 2.45) is 0 Å². The van der Waals surface area contributed by atoms with Crippen molar-refractivity contribution in [1.82, 2.24) is 10.3 Å². The minimum Gasteiger partial charge on any atom is -0.397 e. The summed E-state index contributed by atoms with van der Waals surface area (Å²) in [5.41, 5.74) is 16.3. The van der Waals surface area contributed by atoms with Gasteiger partial charge >= 0.3 is 5.88 Å². The first kappa shape index (κ1) is 23.0. The Morgan fingerprint density at radius 1 is 1.14 bits per heavy atom. The van der Waals surface area contributed by atoms with Crippen molar-refractivity contribution >= 4 is 44.9 Å². The molecule has 0 spiro atoms. The number of fused-ring (bicyclic) bond motifs is 1. The third-order valence-electron chi connectivity index (χ3n) is 5.81. The second-order valence-corrected chi connectivity index (χ2v) is 9.46. The van der Waals surface area contributed by atoms with Gasteiger partial charge in [-0.3, -0.25) is 14.6 Å². The summed E-state index contributed by atoms with van der Waals surface area (Å²) in [7, 11) is 0. The first-order valence-corrected chi connectivity index (χ1v) is 12.0. The van der Waals surface area contributed by atoms with Crippen molar-refractivity contribution < 1.29 is 14.0 Å². The van der Waals surface area contributed by atoms with Gasteiger partial charge in [0.25, 0.3) is 12.1 Å². The number of nitrogen functional groups attached to an aromatic ring is 2. The molecular weight excluding hydrogens is 474 g/mol. The number of anilines is 3. The summed E-state index contributed by atoms with van der Waals surface area (Å²) in [5, 5.41) is 17.0. The second-order valence-electron chi connectivity index (χ2n) is 8.46. The fourth-order valence-electron chi connectivity index (χ4n) is 3.95. The van der Waals surface area contributed by atoms with E-state index in [-0.39, 0.29) is 27.8 Å². The van der Waals surface area contributed by atoms with Crippen molar-refractivity contribution in [2.45, 2.75) is 19.8 Å². The topological polar surface area (TPSA) is 148 Å². The van der Waals surface area contributed by atoms with E-state index in [2.05, 4.69) is 35.5 Å². The number of benzene rings is 2. The number of pyridine rings is 1. The van der Waals surface area contributed by atoms with Crippen LogP contribution < -0.4 is 21.5 Å². The summed E-state index contributed by atoms with van der Waals surface area (Å²) in [4.78, 5) is 18.2. The lowest BCUT2D eigenvalue weighted by Gasteiger charge is -2.11. The molecule has 0 aliphatic carbocycles. The van der Waals surface area contributed by atoms with Crippen molar-refractivity contribution in [3.05, 3.63) is 76.8 Å². The van der Waals surface area contributed by atoms with Gasteiger partial charge in [0.2, 0.25) is 11.0 Å². The Balaban J connectivity index is 1.55. The van der Waals surface area contributed by atoms with Crippen LogP contribution in [-0.4, -0.2) is 16.2 Å². The van der Waals surface area contributed by atoms with Gasteiger partial charge < -0.3 is 11.5 Å². The third kappa shape index (κ3) is 4.01. The van der Waals surface area contributed by atoms with E-state index in [4.69, 9.17) is 16.0 Å². The number of nitrogens with two attached hydrogens (primary N) is 2. The quantitative estimate of drug-likeness (QED) is 0.300. The normalized spacial score (nSPS) is 11.1. The molecule has 0 fully saturated rings. The number of nitrogens with zero attached hydrogens (tertiary/aromatic N) is 4. The summed E-state index contributed by atoms with van der Waals surface area (Å²) in [6.45, 7) is 4.21. The lowest BCUT2D eigenvalue weighted by molar-refractivity contribution is -0.670. The number of carbonyl (C=O) groups is 1. The van der Waals surface area contributed by atoms with Gasteiger partial charge in [0, 0.05) is 23.1 Å². The van der Waals surface area contributed by atoms with Crippen LogP contribution in [0.5, 0.6) is 0 Å². The maximum Gasteiger partial charge on any atom is 0.303 e. The van der Waals surface area contributed by atoms with Crippen LogP contribution in [0, 0.1) is 11.3 Å². The maximum atomic E-state index is 13.2. The molecule has 0 atom stereocenters. The van der Waals surface area contributed by atoms with E-state index in [9.17, 15) is 10.1 Å². The zero-order valence-electron chi connectivity index (χ0n) is 19.5. The summed E-state index contributed by atoms with van der Waals surface area (Å²) >= 11 is 1.10. The average Bonchev–Trinajstić information content (AvgIpc) is 3.48. The maximum absolute atomic E-state index is 13.2. The van der Waals surface area contributed by atoms with Crippen molar-refractivity contribution in [3.8, 4) is 22.9 Å². The molecular formula is C26H22N7O2S+. The van der Waals surface area contributed by atoms with Crippen LogP contribution >= 0.6 is 11.3 Å². The van der Waals surface area contributed by atoms with Gasteiger partial charge in [0.05, 0.1) is 5.69 Å². The fourth-order valence-corrected chi connectivity index (χ4v) is 4.95. The highest BCUT2D eigenvalue weighted by Gasteiger charge is 2.26. The Morgan fingerprint density at radius 3 is 2.53 bits per heavy atom. The van der Waals surface area contributed by atoms with Gasteiger partial charge in [-0.25, -0.2) is 4.98 Å². The molecule has 0 saturated heterocycles. The van der Waals surface area contributed by atoms with E-state index in [0.29, 0.717) is 21.7 Å². The van der Waals surface area contributed by atoms with Gasteiger partial charge in [-0.05, 0) is 21.7 Å². The molecule has 0 aliphatic rings. The molecule has 5 N–H and O–H groups in total. The Hall–Kier alpha value is -4.75. The van der Waals surface area contributed by atoms with Crippen LogP contribution in [0.25, 0.3) is 27.0 Å². The Bertz CT molecular complexity index is 1630. The molecule has 3 heterocycles. The van der Waals surface area contributed by atoms with E-state index in [1.54, 1.807) is 6.20 Å². The molecule has 0 saturated carbocycles. The number of nitrogens with one attached hydrogen (secondary N) is 1. The van der Waals surface area contributed by atoms with Gasteiger partial charge in [-0.2, -0.15) is 5.26 Å². The zero-order chi connectivity index (χ0) is 25.4. The summed E-state index contributed by atoms with van der Waals surface area (Å²) in [6.07, 6.45) is 1.56. The van der Waals surface area contributed by atoms with Crippen LogP contribution in [0.3, 0.4) is 0 Å². The molecule has 178 valence electrons. The number of para-hydroxylation sites is 1. The van der Waals surface area contributed by atoms with Crippen LogP contribution in [0.1, 0.15) is 40.6 Å². The van der Waals surface area contributed by atoms with Crippen molar-refractivity contribution in [3.63, 3.8) is 0 Å². The highest BCUT2D eigenvalue weighted by atomic mass is 32.1. The van der Waals surface area contributed by atoms with E-state index in [0.717, 1.165) is 28.2 Å². The number of rotatable bonds is 5. The standard InChI is InChI=1S/C26H21N7O2S/c1-14(2)15-8-10-16(11-9-15)20-18(12-27)24(29)31-26-21(20)22(28)23(36-26)25(34)30-19-13-33(32-35-19)17-6-4-3-5-7-17/h3-11,13-14H,1-2H3,(H4-,28,29,30,31,32,34)/p+1. The Morgan fingerprint density at radius 2 is 1.86 bits per heavy atom. The van der Waals surface area contributed by atoms with E-state index in [1.807, 2.05) is 54.6 Å². The third-order valence-corrected chi connectivity index (χ3v) is 6.91. The van der Waals surface area contributed by atoms with Gasteiger partial charge in [0.15, 0.2) is 0 Å². The first-order chi connectivity index (χ1) is 17.4. The molecule has 0 unspecified atom stereocenters. The van der Waals surface area contributed by atoms with Gasteiger partial charge in [-0.15, -0.1) is 11.3 Å². The highest BCUT2D eigenvalue weighted by molar-refractivity contribution is 7.21. The predicted molar refractivity (Wildman–Crippen MR) is 139 cm³/mol. The number of nitriles is 1. The number of thiophene rings is 1. The van der Waals surface area contributed by atoms with Crippen LogP contribution in [0.2, 0.25) is 0 Å². The monoisotopic (exact) mass is 496 g/mol. The number of carbonyl (C=O) groups excluding carboxylic acids is 1. The molecule has 9 nitrogen and oxygen atoms in total. The SMILES string of the molecule is CC(C)c1ccc(-c2c(C#N)c(N)nc3sc(C(=O)Nc4c[n+](-c5ccccc5)no4)c(N)c23)cc1.